The van der Waals surface area contributed by atoms with Gasteiger partial charge in [0.2, 0.25) is 5.89 Å². The highest BCUT2D eigenvalue weighted by atomic mass is 19.4. The van der Waals surface area contributed by atoms with Crippen molar-refractivity contribution in [2.24, 2.45) is 5.73 Å². The minimum absolute atomic E-state index is 0.100. The van der Waals surface area contributed by atoms with Crippen LogP contribution >= 0.6 is 0 Å². The van der Waals surface area contributed by atoms with E-state index in [1.807, 2.05) is 0 Å². The van der Waals surface area contributed by atoms with E-state index in [0.717, 1.165) is 0 Å². The van der Waals surface area contributed by atoms with Crippen LogP contribution in [-0.4, -0.2) is 22.2 Å². The van der Waals surface area contributed by atoms with Gasteiger partial charge in [-0.2, -0.15) is 18.2 Å². The van der Waals surface area contributed by atoms with Gasteiger partial charge in [-0.15, -0.1) is 0 Å². The number of carbonyl (C=O) groups is 1. The Balaban J connectivity index is 2.35. The van der Waals surface area contributed by atoms with Gasteiger partial charge in [-0.3, -0.25) is 4.79 Å². The third kappa shape index (κ3) is 1.36. The number of halogens is 3. The number of hydrogen-bond acceptors (Lipinski definition) is 4. The Morgan fingerprint density at radius 2 is 2.07 bits per heavy atom. The largest absolute Gasteiger partial charge is 0.403 e. The average Bonchev–Trinajstić information content (AvgIpc) is 2.77. The Kier molecular flexibility index (Phi) is 1.79. The molecule has 0 spiro atoms. The molecule has 0 unspecified atom stereocenters. The second-order valence-electron chi connectivity index (χ2n) is 3.37. The normalized spacial score (nSPS) is 18.9. The monoisotopic (exact) mass is 221 g/mol. The fourth-order valence-electron chi connectivity index (χ4n) is 1.26. The first-order valence-electron chi connectivity index (χ1n) is 4.07. The number of hydrogen-bond donors (Lipinski definition) is 1. The van der Waals surface area contributed by atoms with Crippen molar-refractivity contribution in [2.45, 2.75) is 24.4 Å². The Labute approximate surface area is 81.4 Å². The van der Waals surface area contributed by atoms with E-state index >= 15 is 0 Å². The Morgan fingerprint density at radius 3 is 2.40 bits per heavy atom. The second kappa shape index (κ2) is 2.71. The van der Waals surface area contributed by atoms with Crippen molar-refractivity contribution in [1.29, 1.82) is 0 Å². The number of alkyl halides is 3. The quantitative estimate of drug-likeness (QED) is 0.799. The maximum absolute atomic E-state index is 12.5. The fourth-order valence-corrected chi connectivity index (χ4v) is 1.26. The summed E-state index contributed by atoms with van der Waals surface area (Å²) in [6.07, 6.45) is -4.64. The molecule has 5 nitrogen and oxygen atoms in total. The summed E-state index contributed by atoms with van der Waals surface area (Å²) in [5.41, 5.74) is 2.73. The van der Waals surface area contributed by atoms with Crippen LogP contribution in [0.5, 0.6) is 0 Å². The lowest BCUT2D eigenvalue weighted by Crippen LogP contribution is -2.29. The zero-order valence-corrected chi connectivity index (χ0v) is 7.34. The molecule has 2 rings (SSSR count). The molecule has 1 saturated carbocycles. The molecule has 0 aromatic carbocycles. The molecular weight excluding hydrogens is 215 g/mol. The van der Waals surface area contributed by atoms with Gasteiger partial charge in [0.1, 0.15) is 5.41 Å². The zero-order chi connectivity index (χ0) is 11.3. The predicted octanol–water partition coefficient (Wildman–Crippen LogP) is 0.762. The van der Waals surface area contributed by atoms with Crippen LogP contribution in [0.2, 0.25) is 0 Å². The number of nitrogens with two attached hydrogens (primary N) is 1. The lowest BCUT2D eigenvalue weighted by Gasteiger charge is -2.13. The summed E-state index contributed by atoms with van der Waals surface area (Å²) < 4.78 is 42.0. The van der Waals surface area contributed by atoms with E-state index < -0.39 is 29.2 Å². The highest BCUT2D eigenvalue weighted by Crippen LogP contribution is 2.58. The van der Waals surface area contributed by atoms with Crippen LogP contribution in [0.15, 0.2) is 4.52 Å². The van der Waals surface area contributed by atoms with Crippen LogP contribution in [-0.2, 0) is 5.41 Å². The lowest BCUT2D eigenvalue weighted by atomic mass is 10.1. The molecule has 1 aromatic heterocycles. The Bertz CT molecular complexity index is 408. The molecule has 1 aliphatic rings. The smallest absolute Gasteiger partial charge is 0.363 e. The maximum atomic E-state index is 12.5. The van der Waals surface area contributed by atoms with Crippen molar-refractivity contribution in [3.63, 3.8) is 0 Å². The topological polar surface area (TPSA) is 82.0 Å². The minimum atomic E-state index is -4.44. The molecule has 2 N–H and O–H groups in total. The molecule has 1 aliphatic carbocycles. The predicted molar refractivity (Wildman–Crippen MR) is 39.8 cm³/mol. The summed E-state index contributed by atoms with van der Waals surface area (Å²) in [5, 5.41) is 3.07. The maximum Gasteiger partial charge on any atom is 0.403 e. The summed E-state index contributed by atoms with van der Waals surface area (Å²) in [6.45, 7) is 0. The summed E-state index contributed by atoms with van der Waals surface area (Å²) in [7, 11) is 0. The number of nitrogens with zero attached hydrogens (tertiary/aromatic N) is 2. The molecule has 0 aliphatic heterocycles. The molecule has 1 amide bonds. The minimum Gasteiger partial charge on any atom is -0.363 e. The number of aromatic nitrogens is 2. The van der Waals surface area contributed by atoms with Crippen LogP contribution in [0.4, 0.5) is 13.2 Å². The zero-order valence-electron chi connectivity index (χ0n) is 7.34. The molecule has 1 heterocycles. The first-order valence-corrected chi connectivity index (χ1v) is 4.07. The first-order chi connectivity index (χ1) is 6.87. The van der Waals surface area contributed by atoms with Gasteiger partial charge in [0, 0.05) is 0 Å². The highest BCUT2D eigenvalue weighted by Gasteiger charge is 2.68. The van der Waals surface area contributed by atoms with Gasteiger partial charge in [-0.1, -0.05) is 5.16 Å². The van der Waals surface area contributed by atoms with Crippen molar-refractivity contribution < 1.29 is 22.5 Å². The molecule has 0 radical (unpaired) electrons. The van der Waals surface area contributed by atoms with Crippen molar-refractivity contribution >= 4 is 5.91 Å². The third-order valence-corrected chi connectivity index (χ3v) is 2.35. The van der Waals surface area contributed by atoms with E-state index in [1.54, 1.807) is 0 Å². The van der Waals surface area contributed by atoms with Crippen LogP contribution < -0.4 is 5.73 Å². The summed E-state index contributed by atoms with van der Waals surface area (Å²) in [4.78, 5) is 13.9. The van der Waals surface area contributed by atoms with E-state index in [-0.39, 0.29) is 12.8 Å². The summed E-state index contributed by atoms with van der Waals surface area (Å²) in [6, 6.07) is 0. The van der Waals surface area contributed by atoms with Crippen molar-refractivity contribution in [3.8, 4) is 0 Å². The van der Waals surface area contributed by atoms with Crippen LogP contribution in [0.25, 0.3) is 0 Å². The lowest BCUT2D eigenvalue weighted by molar-refractivity contribution is -0.166. The van der Waals surface area contributed by atoms with Gasteiger partial charge >= 0.3 is 6.18 Å². The van der Waals surface area contributed by atoms with Crippen molar-refractivity contribution in [1.82, 2.24) is 10.1 Å². The molecule has 1 fully saturated rings. The van der Waals surface area contributed by atoms with E-state index in [2.05, 4.69) is 14.7 Å². The van der Waals surface area contributed by atoms with Crippen LogP contribution in [0.1, 0.15) is 29.4 Å². The van der Waals surface area contributed by atoms with Gasteiger partial charge in [0.05, 0.1) is 0 Å². The van der Waals surface area contributed by atoms with E-state index in [9.17, 15) is 18.0 Å². The van der Waals surface area contributed by atoms with E-state index in [0.29, 0.717) is 0 Å². The molecule has 1 aromatic rings. The number of carbonyl (C=O) groups excluding carboxylic acids is 1. The number of amides is 1. The van der Waals surface area contributed by atoms with E-state index in [1.165, 1.54) is 0 Å². The SMILES string of the molecule is NC(=O)c1noc(C2(C(F)(F)F)CC2)n1. The molecule has 0 bridgehead atoms. The number of primary amides is 1. The first kappa shape index (κ1) is 9.94. The standard InChI is InChI=1S/C7H6F3N3O2/c8-7(9,10)6(1-2-6)5-12-4(3(11)14)13-15-5/h1-2H2,(H2,11,14). The van der Waals surface area contributed by atoms with Crippen molar-refractivity contribution in [3.05, 3.63) is 11.7 Å². The highest BCUT2D eigenvalue weighted by molar-refractivity contribution is 5.88. The summed E-state index contributed by atoms with van der Waals surface area (Å²) in [5.74, 6) is -2.12. The van der Waals surface area contributed by atoms with Gasteiger partial charge in [-0.05, 0) is 12.8 Å². The van der Waals surface area contributed by atoms with Gasteiger partial charge < -0.3 is 10.3 Å². The van der Waals surface area contributed by atoms with Gasteiger partial charge in [0.15, 0.2) is 0 Å². The van der Waals surface area contributed by atoms with Gasteiger partial charge in [-0.25, -0.2) is 0 Å². The molecule has 8 heteroatoms. The Hall–Kier alpha value is -1.60. The van der Waals surface area contributed by atoms with Crippen LogP contribution in [0.3, 0.4) is 0 Å². The van der Waals surface area contributed by atoms with Crippen molar-refractivity contribution in [2.75, 3.05) is 0 Å². The average molecular weight is 221 g/mol. The van der Waals surface area contributed by atoms with E-state index in [4.69, 9.17) is 5.73 Å². The molecular formula is C7H6F3N3O2. The summed E-state index contributed by atoms with van der Waals surface area (Å²) >= 11 is 0. The number of rotatable bonds is 2. The molecule has 82 valence electrons. The Morgan fingerprint density at radius 1 is 1.47 bits per heavy atom. The molecule has 15 heavy (non-hydrogen) atoms. The fraction of sp³-hybridized carbons (Fsp3) is 0.571. The third-order valence-electron chi connectivity index (χ3n) is 2.35. The molecule has 0 saturated heterocycles. The van der Waals surface area contributed by atoms with Gasteiger partial charge in [0.25, 0.3) is 11.7 Å². The molecule has 0 atom stereocenters. The second-order valence-corrected chi connectivity index (χ2v) is 3.37. The van der Waals surface area contributed by atoms with Crippen LogP contribution in [0, 0.1) is 0 Å².